The molecular weight excluding hydrogens is 973 g/mol. The first-order chi connectivity index (χ1) is 31.8. The lowest BCUT2D eigenvalue weighted by atomic mass is 9.91. The third-order valence-electron chi connectivity index (χ3n) is 10.5. The van der Waals surface area contributed by atoms with Crippen LogP contribution in [-0.2, 0) is 36.4 Å². The fourth-order valence-corrected chi connectivity index (χ4v) is 11.4. The highest BCUT2D eigenvalue weighted by Gasteiger charge is 2.46. The van der Waals surface area contributed by atoms with Crippen LogP contribution in [0, 0.1) is 0 Å². The molecule has 2 aliphatic heterocycles. The van der Waals surface area contributed by atoms with Gasteiger partial charge < -0.3 is 49.6 Å². The zero-order valence-electron chi connectivity index (χ0n) is 37.0. The molecule has 6 rings (SSSR count). The third-order valence-corrected chi connectivity index (χ3v) is 15.4. The Labute approximate surface area is 391 Å². The van der Waals surface area contributed by atoms with E-state index in [9.17, 15) is 57.8 Å². The van der Waals surface area contributed by atoms with E-state index >= 15 is 0 Å². The van der Waals surface area contributed by atoms with Crippen LogP contribution in [0.25, 0.3) is 37.7 Å². The molecule has 27 heteroatoms. The number of fused-ring (bicyclic) bond motifs is 2. The minimum Gasteiger partial charge on any atom is -0.756 e. The number of benzene rings is 3. The molecule has 2 amide bonds. The number of aromatic amines is 1. The largest absolute Gasteiger partial charge is 0.756 e. The van der Waals surface area contributed by atoms with Crippen LogP contribution in [0.4, 0.5) is 5.69 Å². The molecule has 3 heterocycles. The molecule has 7 N–H and O–H groups in total. The predicted molar refractivity (Wildman–Crippen MR) is 248 cm³/mol. The number of anilines is 1. The Morgan fingerprint density at radius 3 is 2.38 bits per heavy atom. The number of nitrogens with one attached hydrogen (secondary N) is 2. The first-order valence-electron chi connectivity index (χ1n) is 20.4. The summed E-state index contributed by atoms with van der Waals surface area (Å²) in [6.07, 6.45) is -3.30. The maximum Gasteiger partial charge on any atom is 0.487 e. The molecule has 1 saturated heterocycles. The Morgan fingerprint density at radius 1 is 0.971 bits per heavy atom. The van der Waals surface area contributed by atoms with Crippen LogP contribution in [0.2, 0.25) is 0 Å². The van der Waals surface area contributed by atoms with E-state index in [0.717, 1.165) is 48.9 Å². The minimum atomic E-state index is -5.91. The van der Waals surface area contributed by atoms with Crippen molar-refractivity contribution in [2.75, 3.05) is 59.8 Å². The van der Waals surface area contributed by atoms with E-state index in [1.54, 1.807) is 29.4 Å². The molecule has 1 fully saturated rings. The fraction of sp³-hybridized carbons (Fsp3) is 0.341. The molecule has 3 unspecified atom stereocenters. The van der Waals surface area contributed by atoms with Gasteiger partial charge in [-0.1, -0.05) is 36.4 Å². The number of rotatable bonds is 18. The van der Waals surface area contributed by atoms with Crippen molar-refractivity contribution in [1.29, 1.82) is 0 Å². The highest BCUT2D eigenvalue weighted by Crippen LogP contribution is 2.65. The number of aromatic nitrogens is 2. The van der Waals surface area contributed by atoms with Gasteiger partial charge in [0.25, 0.3) is 19.3 Å². The average molecular weight is 1020 g/mol. The van der Waals surface area contributed by atoms with Crippen molar-refractivity contribution >= 4 is 68.5 Å². The van der Waals surface area contributed by atoms with Crippen LogP contribution in [-0.4, -0.2) is 124 Å². The zero-order chi connectivity index (χ0) is 49.9. The Balaban J connectivity index is 1.06. The van der Waals surface area contributed by atoms with E-state index in [1.807, 2.05) is 60.8 Å². The molecule has 3 aromatic rings. The lowest BCUT2D eigenvalue weighted by molar-refractivity contribution is -0.212. The lowest BCUT2D eigenvalue weighted by Crippen LogP contribution is -2.38. The first kappa shape index (κ1) is 52.4. The molecule has 68 heavy (non-hydrogen) atoms. The number of hydrogen-bond donors (Lipinski definition) is 7. The second-order valence-electron chi connectivity index (χ2n) is 15.9. The number of H-pyrrole nitrogens is 1. The summed E-state index contributed by atoms with van der Waals surface area (Å²) in [6.45, 7) is -0.959. The number of ether oxygens (including phenoxy) is 1. The maximum absolute atomic E-state index is 14.1. The van der Waals surface area contributed by atoms with Crippen molar-refractivity contribution in [2.45, 2.75) is 37.4 Å². The Bertz CT molecular complexity index is 3060. The molecule has 1 aliphatic carbocycles. The van der Waals surface area contributed by atoms with Crippen molar-refractivity contribution in [1.82, 2.24) is 24.3 Å². The van der Waals surface area contributed by atoms with E-state index in [0.29, 0.717) is 16.6 Å². The predicted octanol–water partition coefficient (Wildman–Crippen LogP) is 1.63. The molecule has 1 aromatic heterocycles. The van der Waals surface area contributed by atoms with Gasteiger partial charge in [0.2, 0.25) is 11.3 Å². The number of phosphoric acid groups is 3. The number of aliphatic hydroxyl groups is 2. The Hall–Kier alpha value is -5.00. The summed E-state index contributed by atoms with van der Waals surface area (Å²) in [5.41, 5.74) is 2.15. The first-order valence-corrected chi connectivity index (χ1v) is 25.7. The molecular formula is C41H49N6O17P3S. The molecule has 3 aliphatic rings. The number of amides is 2. The minimum absolute atomic E-state index is 0.0519. The summed E-state index contributed by atoms with van der Waals surface area (Å²) in [7, 11) is -7.84. The maximum atomic E-state index is 14.1. The van der Waals surface area contributed by atoms with Crippen LogP contribution in [0.5, 0.6) is 0 Å². The summed E-state index contributed by atoms with van der Waals surface area (Å²) < 4.78 is 55.1. The summed E-state index contributed by atoms with van der Waals surface area (Å²) in [5.74, 6) is -0.580. The second-order valence-corrected chi connectivity index (χ2v) is 21.3. The summed E-state index contributed by atoms with van der Waals surface area (Å²) in [4.78, 5) is 97.2. The van der Waals surface area contributed by atoms with Crippen LogP contribution in [0.1, 0.15) is 35.0 Å². The number of phosphoric ester groups is 1. The van der Waals surface area contributed by atoms with Crippen LogP contribution >= 0.6 is 34.8 Å². The van der Waals surface area contributed by atoms with Gasteiger partial charge in [0, 0.05) is 90.8 Å². The molecule has 2 aromatic carbocycles. The number of carbonyl (C=O) groups is 2. The van der Waals surface area contributed by atoms with Gasteiger partial charge in [0.05, 0.1) is 12.2 Å². The molecule has 0 radical (unpaired) electrons. The van der Waals surface area contributed by atoms with Crippen molar-refractivity contribution in [3.63, 3.8) is 0 Å². The van der Waals surface area contributed by atoms with Crippen molar-refractivity contribution in [2.24, 2.45) is 0 Å². The molecule has 0 spiro atoms. The lowest BCUT2D eigenvalue weighted by Gasteiger charge is -2.22. The second kappa shape index (κ2) is 21.3. The molecule has 7 atom stereocenters. The summed E-state index contributed by atoms with van der Waals surface area (Å²) in [5, 5.41) is 25.8. The van der Waals surface area contributed by atoms with Crippen molar-refractivity contribution in [3.05, 3.63) is 110 Å². The number of hydrogen-bond acceptors (Lipinski definition) is 16. The fourth-order valence-electron chi connectivity index (χ4n) is 7.20. The van der Waals surface area contributed by atoms with Crippen LogP contribution in [0.15, 0.2) is 82.5 Å². The quantitative estimate of drug-likeness (QED) is 0.0373. The van der Waals surface area contributed by atoms with Gasteiger partial charge >= 0.3 is 21.3 Å². The number of carbonyl (C=O) groups excluding carboxylic acids is 2. The van der Waals surface area contributed by atoms with Crippen molar-refractivity contribution in [3.8, 4) is 21.6 Å². The third kappa shape index (κ3) is 12.8. The highest BCUT2D eigenvalue weighted by atomic mass is 32.1. The van der Waals surface area contributed by atoms with Gasteiger partial charge in [-0.25, -0.2) is 22.8 Å². The Kier molecular flexibility index (Phi) is 16.4. The smallest absolute Gasteiger partial charge is 0.487 e. The molecule has 23 nitrogen and oxygen atoms in total. The highest BCUT2D eigenvalue weighted by molar-refractivity contribution is 7.66. The summed E-state index contributed by atoms with van der Waals surface area (Å²) >= 11 is 1.69. The van der Waals surface area contributed by atoms with E-state index in [-0.39, 0.29) is 36.9 Å². The van der Waals surface area contributed by atoms with E-state index < -0.39 is 65.9 Å². The van der Waals surface area contributed by atoms with E-state index in [4.69, 9.17) is 9.63 Å². The molecule has 0 saturated carbocycles. The van der Waals surface area contributed by atoms with Gasteiger partial charge in [0.1, 0.15) is 32.4 Å². The topological polar surface area (TPSA) is 323 Å². The standard InChI is InChI=1S/C41H49N6O17P3S/c1-44(2)25-14-16-29-32(20-25)68-33-21-26(45(3)4)15-17-30(33)35(29)27-11-6-7-12-28(27)39(52)46(5)19-9-13-34(48)42-18-8-10-24-22-47(41(53)43-38(24)51)40-37(50)36(49)31(62-40)23-61-66(57,58)64-67(59,60)63-65(54,55)56/h6-8,10-12,14-17,20-22,31,36-37,40,49-50H,9,13,18-19,23H2,1-5H3,(H5-,42,43,48,51,53,54,55,56,57,58,59,60)/b10-8+/t31-,36-,37-,40-/m1/s1. The monoisotopic (exact) mass is 1020 g/mol. The van der Waals surface area contributed by atoms with Crippen LogP contribution in [0.3, 0.4) is 0 Å². The average Bonchev–Trinajstić information content (AvgIpc) is 3.53. The van der Waals surface area contributed by atoms with Crippen molar-refractivity contribution < 1.29 is 71.0 Å². The zero-order valence-corrected chi connectivity index (χ0v) is 40.5. The number of nitrogens with zero attached hydrogens (tertiary/aromatic N) is 4. The normalized spacial score (nSPS) is 19.9. The van der Waals surface area contributed by atoms with Gasteiger partial charge in [-0.3, -0.25) is 33.0 Å². The van der Waals surface area contributed by atoms with Gasteiger partial charge in [0.15, 0.2) is 6.23 Å². The van der Waals surface area contributed by atoms with E-state index in [1.165, 1.54) is 12.2 Å². The van der Waals surface area contributed by atoms with Crippen LogP contribution < -0.4 is 36.3 Å². The summed E-state index contributed by atoms with van der Waals surface area (Å²) in [6, 6.07) is 20.1. The molecule has 0 bridgehead atoms. The number of aliphatic hydroxyl groups excluding tert-OH is 2. The van der Waals surface area contributed by atoms with Gasteiger partial charge in [-0.05, 0) is 41.8 Å². The van der Waals surface area contributed by atoms with E-state index in [2.05, 4.69) is 54.9 Å². The molecule has 366 valence electrons. The SMILES string of the molecule is CN(CCCC(=O)NC/C=C/c1cn([C@@H]2O[C@H](COP(=O)(O)OP(=O)(O)OP(=O)([O-])O)[C@@H](O)[C@H]2O)c(=O)[nH]c1=O)C(=O)c1ccccc1-c1c2ccc(=[N+](C)C)cc-2sc2cc(N(C)C)ccc12. The Morgan fingerprint density at radius 2 is 1.69 bits per heavy atom. The van der Waals surface area contributed by atoms with Gasteiger partial charge in [-0.2, -0.15) is 4.31 Å². The van der Waals surface area contributed by atoms with Gasteiger partial charge in [-0.15, -0.1) is 11.3 Å².